The summed E-state index contributed by atoms with van der Waals surface area (Å²) in [4.78, 5) is 11.0. The minimum atomic E-state index is -4.02. The minimum Gasteiger partial charge on any atom is -0.469 e. The Labute approximate surface area is 160 Å². The predicted molar refractivity (Wildman–Crippen MR) is 99.2 cm³/mol. The molecule has 0 spiro atoms. The number of aromatic amines is 1. The molecule has 2 N–H and O–H groups in total. The third-order valence-corrected chi connectivity index (χ3v) is 5.67. The van der Waals surface area contributed by atoms with Crippen LogP contribution in [0.1, 0.15) is 11.4 Å². The van der Waals surface area contributed by atoms with Crippen molar-refractivity contribution in [3.63, 3.8) is 0 Å². The highest BCUT2D eigenvalue weighted by atomic mass is 35.5. The fourth-order valence-electron chi connectivity index (χ4n) is 2.17. The highest BCUT2D eigenvalue weighted by Crippen LogP contribution is 2.31. The van der Waals surface area contributed by atoms with Gasteiger partial charge in [0.25, 0.3) is 15.9 Å². The molecule has 3 aromatic rings. The van der Waals surface area contributed by atoms with E-state index in [1.807, 2.05) is 19.1 Å². The van der Waals surface area contributed by atoms with Crippen molar-refractivity contribution in [3.05, 3.63) is 64.2 Å². The van der Waals surface area contributed by atoms with E-state index in [1.165, 1.54) is 30.6 Å². The molecule has 3 rings (SSSR count). The second kappa shape index (κ2) is 7.53. The molecule has 136 valence electrons. The van der Waals surface area contributed by atoms with E-state index in [-0.39, 0.29) is 33.2 Å². The van der Waals surface area contributed by atoms with Gasteiger partial charge in [0.15, 0.2) is 0 Å². The van der Waals surface area contributed by atoms with E-state index >= 15 is 0 Å². The van der Waals surface area contributed by atoms with Crippen molar-refractivity contribution in [3.8, 4) is 5.88 Å². The second-order valence-corrected chi connectivity index (χ2v) is 7.76. The molecule has 0 saturated carbocycles. The molecule has 0 fully saturated rings. The summed E-state index contributed by atoms with van der Waals surface area (Å²) in [6.07, 6.45) is 2.75. The first-order chi connectivity index (χ1) is 12.4. The van der Waals surface area contributed by atoms with Crippen LogP contribution in [-0.2, 0) is 16.6 Å². The first-order valence-corrected chi connectivity index (χ1v) is 9.66. The minimum absolute atomic E-state index is 0.0430. The van der Waals surface area contributed by atoms with E-state index in [9.17, 15) is 8.42 Å². The van der Waals surface area contributed by atoms with Gasteiger partial charge < -0.3 is 9.72 Å². The van der Waals surface area contributed by atoms with Crippen LogP contribution in [0.15, 0.2) is 47.6 Å². The van der Waals surface area contributed by atoms with Gasteiger partial charge in [0.05, 0.1) is 15.7 Å². The average molecular weight is 413 g/mol. The van der Waals surface area contributed by atoms with Crippen molar-refractivity contribution in [2.75, 3.05) is 4.72 Å². The van der Waals surface area contributed by atoms with Crippen LogP contribution in [0.3, 0.4) is 0 Å². The van der Waals surface area contributed by atoms with Crippen molar-refractivity contribution in [2.45, 2.75) is 18.4 Å². The third kappa shape index (κ3) is 4.09. The Morgan fingerprint density at radius 2 is 1.92 bits per heavy atom. The van der Waals surface area contributed by atoms with Gasteiger partial charge >= 0.3 is 0 Å². The summed E-state index contributed by atoms with van der Waals surface area (Å²) in [6, 6.07) is 8.10. The van der Waals surface area contributed by atoms with Gasteiger partial charge in [-0.25, -0.2) is 18.4 Å². The Morgan fingerprint density at radius 1 is 1.15 bits per heavy atom. The molecule has 2 aromatic heterocycles. The molecule has 2 heterocycles. The number of benzene rings is 1. The Balaban J connectivity index is 1.84. The SMILES string of the molecule is Cc1ccc(COc2nccnc2NS(=O)(=O)c2cccc(Cl)c2Cl)[nH]1. The molecule has 0 bridgehead atoms. The molecule has 0 radical (unpaired) electrons. The lowest BCUT2D eigenvalue weighted by molar-refractivity contribution is 0.290. The summed E-state index contributed by atoms with van der Waals surface area (Å²) >= 11 is 11.9. The van der Waals surface area contributed by atoms with Crippen molar-refractivity contribution in [1.82, 2.24) is 15.0 Å². The second-order valence-electron chi connectivity index (χ2n) is 5.32. The van der Waals surface area contributed by atoms with Crippen LogP contribution in [0.25, 0.3) is 0 Å². The fraction of sp³-hybridized carbons (Fsp3) is 0.125. The summed E-state index contributed by atoms with van der Waals surface area (Å²) in [7, 11) is -4.02. The summed E-state index contributed by atoms with van der Waals surface area (Å²) < 4.78 is 33.2. The molecule has 0 saturated heterocycles. The molecule has 26 heavy (non-hydrogen) atoms. The largest absolute Gasteiger partial charge is 0.469 e. The van der Waals surface area contributed by atoms with Crippen LogP contribution in [0, 0.1) is 6.92 Å². The van der Waals surface area contributed by atoms with Crippen molar-refractivity contribution in [2.24, 2.45) is 0 Å². The number of ether oxygens (including phenoxy) is 1. The van der Waals surface area contributed by atoms with Crippen LogP contribution >= 0.6 is 23.2 Å². The topological polar surface area (TPSA) is 97.0 Å². The zero-order chi connectivity index (χ0) is 18.7. The molecule has 0 aliphatic heterocycles. The smallest absolute Gasteiger partial charge is 0.264 e. The third-order valence-electron chi connectivity index (χ3n) is 3.36. The number of H-pyrrole nitrogens is 1. The predicted octanol–water partition coefficient (Wildman–Crippen LogP) is 3.80. The van der Waals surface area contributed by atoms with Crippen LogP contribution in [-0.4, -0.2) is 23.4 Å². The van der Waals surface area contributed by atoms with Crippen LogP contribution in [0.5, 0.6) is 5.88 Å². The van der Waals surface area contributed by atoms with Gasteiger partial charge in [-0.3, -0.25) is 4.72 Å². The molecular weight excluding hydrogens is 399 g/mol. The van der Waals surface area contributed by atoms with Gasteiger partial charge in [0.2, 0.25) is 5.82 Å². The molecule has 0 amide bonds. The maximum absolute atomic E-state index is 12.6. The molecule has 1 aromatic carbocycles. The number of hydrogen-bond acceptors (Lipinski definition) is 5. The number of rotatable bonds is 6. The summed E-state index contributed by atoms with van der Waals surface area (Å²) in [6.45, 7) is 2.10. The summed E-state index contributed by atoms with van der Waals surface area (Å²) in [5.74, 6) is -0.00620. The molecule has 7 nitrogen and oxygen atoms in total. The first-order valence-electron chi connectivity index (χ1n) is 7.42. The lowest BCUT2D eigenvalue weighted by atomic mass is 10.4. The van der Waals surface area contributed by atoms with E-state index in [2.05, 4.69) is 19.7 Å². The van der Waals surface area contributed by atoms with Gasteiger partial charge in [-0.1, -0.05) is 29.3 Å². The van der Waals surface area contributed by atoms with E-state index < -0.39 is 10.0 Å². The van der Waals surface area contributed by atoms with Crippen molar-refractivity contribution in [1.29, 1.82) is 0 Å². The molecule has 0 atom stereocenters. The summed E-state index contributed by atoms with van der Waals surface area (Å²) in [5, 5.41) is 0.0576. The molecule has 10 heteroatoms. The molecular formula is C16H14Cl2N4O3S. The first kappa shape index (κ1) is 18.5. The molecule has 0 aliphatic carbocycles. The fourth-order valence-corrected chi connectivity index (χ4v) is 3.94. The van der Waals surface area contributed by atoms with Gasteiger partial charge in [-0.15, -0.1) is 0 Å². The summed E-state index contributed by atoms with van der Waals surface area (Å²) in [5.41, 5.74) is 1.80. The van der Waals surface area contributed by atoms with Crippen molar-refractivity contribution >= 4 is 39.0 Å². The van der Waals surface area contributed by atoms with E-state index in [0.29, 0.717) is 0 Å². The molecule has 0 unspecified atom stereocenters. The normalized spacial score (nSPS) is 11.3. The van der Waals surface area contributed by atoms with Crippen LogP contribution in [0.2, 0.25) is 10.0 Å². The average Bonchev–Trinajstić information content (AvgIpc) is 3.01. The number of nitrogens with zero attached hydrogens (tertiary/aromatic N) is 2. The van der Waals surface area contributed by atoms with Gasteiger partial charge in [-0.05, 0) is 31.2 Å². The zero-order valence-electron chi connectivity index (χ0n) is 13.5. The van der Waals surface area contributed by atoms with Crippen LogP contribution in [0.4, 0.5) is 5.82 Å². The maximum Gasteiger partial charge on any atom is 0.264 e. The number of halogens is 2. The quantitative estimate of drug-likeness (QED) is 0.641. The Bertz CT molecular complexity index is 1040. The number of aromatic nitrogens is 3. The highest BCUT2D eigenvalue weighted by molar-refractivity contribution is 7.92. The monoisotopic (exact) mass is 412 g/mol. The number of aryl methyl sites for hydroxylation is 1. The number of hydrogen-bond donors (Lipinski definition) is 2. The Hall–Kier alpha value is -2.29. The van der Waals surface area contributed by atoms with Crippen LogP contribution < -0.4 is 9.46 Å². The zero-order valence-corrected chi connectivity index (χ0v) is 15.9. The van der Waals surface area contributed by atoms with E-state index in [1.54, 1.807) is 0 Å². The lowest BCUT2D eigenvalue weighted by Crippen LogP contribution is -2.16. The Morgan fingerprint density at radius 3 is 2.65 bits per heavy atom. The van der Waals surface area contributed by atoms with Gasteiger partial charge in [0, 0.05) is 18.1 Å². The number of nitrogens with one attached hydrogen (secondary N) is 2. The molecule has 0 aliphatic rings. The maximum atomic E-state index is 12.6. The number of sulfonamides is 1. The Kier molecular flexibility index (Phi) is 5.36. The van der Waals surface area contributed by atoms with E-state index in [0.717, 1.165) is 11.4 Å². The van der Waals surface area contributed by atoms with E-state index in [4.69, 9.17) is 27.9 Å². The lowest BCUT2D eigenvalue weighted by Gasteiger charge is -2.12. The van der Waals surface area contributed by atoms with Gasteiger partial charge in [0.1, 0.15) is 11.5 Å². The van der Waals surface area contributed by atoms with Gasteiger partial charge in [-0.2, -0.15) is 0 Å². The van der Waals surface area contributed by atoms with Crippen molar-refractivity contribution < 1.29 is 13.2 Å². The highest BCUT2D eigenvalue weighted by Gasteiger charge is 2.22. The standard InChI is InChI=1S/C16H14Cl2N4O3S/c1-10-5-6-11(21-10)9-25-16-15(19-7-8-20-16)22-26(23,24)13-4-2-3-12(17)14(13)18/h2-8,21H,9H2,1H3,(H,19,22). The number of anilines is 1.